The minimum absolute atomic E-state index is 0.0555. The molecular weight excluding hydrogens is 320 g/mol. The molecule has 124 valence electrons. The van der Waals surface area contributed by atoms with Gasteiger partial charge in [0.2, 0.25) is 0 Å². The van der Waals surface area contributed by atoms with Gasteiger partial charge in [-0.1, -0.05) is 36.4 Å². The number of aliphatic hydroxyl groups is 1. The lowest BCUT2D eigenvalue weighted by Crippen LogP contribution is -2.14. The van der Waals surface area contributed by atoms with Crippen molar-refractivity contribution in [2.75, 3.05) is 11.9 Å². The van der Waals surface area contributed by atoms with Gasteiger partial charge in [0.05, 0.1) is 11.0 Å². The molecule has 2 aromatic carbocycles. The van der Waals surface area contributed by atoms with E-state index in [0.717, 1.165) is 28.6 Å². The Hall–Kier alpha value is -3.50. The maximum absolute atomic E-state index is 10.7. The van der Waals surface area contributed by atoms with Crippen molar-refractivity contribution in [1.82, 2.24) is 4.98 Å². The van der Waals surface area contributed by atoms with Gasteiger partial charge < -0.3 is 10.4 Å². The van der Waals surface area contributed by atoms with E-state index >= 15 is 0 Å². The van der Waals surface area contributed by atoms with E-state index in [1.165, 1.54) is 0 Å². The summed E-state index contributed by atoms with van der Waals surface area (Å²) in [4.78, 5) is 14.0. The van der Waals surface area contributed by atoms with Crippen molar-refractivity contribution in [3.63, 3.8) is 0 Å². The molecule has 0 aliphatic heterocycles. The number of anilines is 1. The number of aliphatic hydroxyl groups excluding tert-OH is 1. The number of pyridine rings is 1. The third kappa shape index (κ3) is 3.54. The van der Waals surface area contributed by atoms with Crippen LogP contribution in [0.25, 0.3) is 10.8 Å². The van der Waals surface area contributed by atoms with E-state index in [1.54, 1.807) is 0 Å². The summed E-state index contributed by atoms with van der Waals surface area (Å²) >= 11 is 0. The number of hydrogen-bond acceptors (Lipinski definition) is 6. The van der Waals surface area contributed by atoms with Crippen LogP contribution in [0.2, 0.25) is 0 Å². The van der Waals surface area contributed by atoms with Crippen LogP contribution >= 0.6 is 0 Å². The number of nitrogens with zero attached hydrogens (tertiary/aromatic N) is 3. The molecular formula is C18H14N4O3. The topological polar surface area (TPSA) is 112 Å². The monoisotopic (exact) mass is 334 g/mol. The first kappa shape index (κ1) is 16.4. The van der Waals surface area contributed by atoms with E-state index in [-0.39, 0.29) is 23.6 Å². The fourth-order valence-electron chi connectivity index (χ4n) is 2.51. The predicted octanol–water partition coefficient (Wildman–Crippen LogP) is 3.16. The molecule has 7 nitrogen and oxygen atoms in total. The van der Waals surface area contributed by atoms with Crippen molar-refractivity contribution in [3.05, 3.63) is 76.0 Å². The van der Waals surface area contributed by atoms with Gasteiger partial charge in [-0.05, 0) is 22.4 Å². The number of benzene rings is 2. The molecule has 0 fully saturated rings. The zero-order valence-corrected chi connectivity index (χ0v) is 13.1. The lowest BCUT2D eigenvalue weighted by Gasteiger charge is -2.14. The lowest BCUT2D eigenvalue weighted by atomic mass is 10.0. The molecule has 0 saturated heterocycles. The van der Waals surface area contributed by atoms with Crippen molar-refractivity contribution < 1.29 is 10.0 Å². The molecule has 2 N–H and O–H groups in total. The van der Waals surface area contributed by atoms with Crippen LogP contribution in [0.15, 0.2) is 54.7 Å². The van der Waals surface area contributed by atoms with Crippen molar-refractivity contribution in [3.8, 4) is 6.07 Å². The van der Waals surface area contributed by atoms with Gasteiger partial charge in [0, 0.05) is 12.6 Å². The van der Waals surface area contributed by atoms with Crippen molar-refractivity contribution in [1.29, 1.82) is 5.26 Å². The number of fused-ring (bicyclic) bond motifs is 1. The standard InChI is InChI=1S/C18H14N4O3/c19-9-15-8-16(22(24)25)10-20-18(15)21-11-17(23)14-6-5-12-3-1-2-4-13(12)7-14/h1-8,10,17,23H,11H2,(H,20,21)/t17-/m0/s1. The van der Waals surface area contributed by atoms with Crippen LogP contribution in [0.3, 0.4) is 0 Å². The zero-order valence-electron chi connectivity index (χ0n) is 13.1. The number of aromatic nitrogens is 1. The fourth-order valence-corrected chi connectivity index (χ4v) is 2.51. The summed E-state index contributed by atoms with van der Waals surface area (Å²) in [5, 5.41) is 35.2. The van der Waals surface area contributed by atoms with Crippen molar-refractivity contribution in [2.45, 2.75) is 6.10 Å². The van der Waals surface area contributed by atoms with E-state index in [9.17, 15) is 15.2 Å². The molecule has 0 saturated carbocycles. The van der Waals surface area contributed by atoms with Crippen LogP contribution in [0.5, 0.6) is 0 Å². The average Bonchev–Trinajstić information content (AvgIpc) is 2.65. The van der Waals surface area contributed by atoms with Crippen LogP contribution in [-0.4, -0.2) is 21.6 Å². The molecule has 3 aromatic rings. The summed E-state index contributed by atoms with van der Waals surface area (Å²) in [5.74, 6) is 0.202. The predicted molar refractivity (Wildman–Crippen MR) is 93.0 cm³/mol. The molecule has 1 heterocycles. The minimum atomic E-state index is -0.812. The number of nitrogens with one attached hydrogen (secondary N) is 1. The highest BCUT2D eigenvalue weighted by atomic mass is 16.6. The Labute approximate surface area is 143 Å². The third-order valence-corrected chi connectivity index (χ3v) is 3.83. The second-order valence-corrected chi connectivity index (χ2v) is 5.46. The van der Waals surface area contributed by atoms with Gasteiger partial charge >= 0.3 is 0 Å². The smallest absolute Gasteiger partial charge is 0.289 e. The maximum Gasteiger partial charge on any atom is 0.289 e. The van der Waals surface area contributed by atoms with Crippen LogP contribution < -0.4 is 5.32 Å². The van der Waals surface area contributed by atoms with E-state index in [0.29, 0.717) is 0 Å². The Kier molecular flexibility index (Phi) is 4.55. The summed E-state index contributed by atoms with van der Waals surface area (Å²) in [6.45, 7) is 0.123. The summed E-state index contributed by atoms with van der Waals surface area (Å²) in [6.07, 6.45) is 0.263. The molecule has 0 aliphatic rings. The molecule has 0 bridgehead atoms. The average molecular weight is 334 g/mol. The molecule has 7 heteroatoms. The van der Waals surface area contributed by atoms with Crippen molar-refractivity contribution in [2.24, 2.45) is 0 Å². The van der Waals surface area contributed by atoms with Crippen LogP contribution in [0.1, 0.15) is 17.2 Å². The van der Waals surface area contributed by atoms with Gasteiger partial charge in [-0.2, -0.15) is 5.26 Å². The largest absolute Gasteiger partial charge is 0.387 e. The first-order valence-corrected chi connectivity index (χ1v) is 7.53. The van der Waals surface area contributed by atoms with Crippen LogP contribution in [-0.2, 0) is 0 Å². The van der Waals surface area contributed by atoms with Crippen LogP contribution in [0, 0.1) is 21.4 Å². The number of hydrogen-bond donors (Lipinski definition) is 2. The molecule has 0 radical (unpaired) electrons. The Bertz CT molecular complexity index is 981. The Morgan fingerprint density at radius 3 is 2.72 bits per heavy atom. The number of nitro groups is 1. The minimum Gasteiger partial charge on any atom is -0.387 e. The quantitative estimate of drug-likeness (QED) is 0.547. The van der Waals surface area contributed by atoms with Gasteiger partial charge in [0.1, 0.15) is 23.6 Å². The third-order valence-electron chi connectivity index (χ3n) is 3.83. The van der Waals surface area contributed by atoms with Crippen LogP contribution in [0.4, 0.5) is 11.5 Å². The summed E-state index contributed by atoms with van der Waals surface area (Å²) in [6, 6.07) is 16.5. The first-order chi connectivity index (χ1) is 12.1. The summed E-state index contributed by atoms with van der Waals surface area (Å²) in [7, 11) is 0. The Morgan fingerprint density at radius 1 is 1.24 bits per heavy atom. The van der Waals surface area contributed by atoms with Gasteiger partial charge in [-0.25, -0.2) is 4.98 Å². The second kappa shape index (κ2) is 6.95. The van der Waals surface area contributed by atoms with E-state index in [4.69, 9.17) is 5.26 Å². The van der Waals surface area contributed by atoms with Crippen molar-refractivity contribution >= 4 is 22.3 Å². The highest BCUT2D eigenvalue weighted by Gasteiger charge is 2.14. The summed E-state index contributed by atoms with van der Waals surface area (Å²) in [5.41, 5.74) is 0.531. The molecule has 0 amide bonds. The fraction of sp³-hybridized carbons (Fsp3) is 0.111. The lowest BCUT2D eigenvalue weighted by molar-refractivity contribution is -0.385. The van der Waals surface area contributed by atoms with Gasteiger partial charge in [0.15, 0.2) is 0 Å². The molecule has 3 rings (SSSR count). The van der Waals surface area contributed by atoms with E-state index < -0.39 is 11.0 Å². The van der Waals surface area contributed by atoms with E-state index in [1.807, 2.05) is 48.5 Å². The molecule has 0 aliphatic carbocycles. The molecule has 25 heavy (non-hydrogen) atoms. The van der Waals surface area contributed by atoms with E-state index in [2.05, 4.69) is 10.3 Å². The molecule has 0 unspecified atom stereocenters. The highest BCUT2D eigenvalue weighted by molar-refractivity contribution is 5.83. The zero-order chi connectivity index (χ0) is 17.8. The summed E-state index contributed by atoms with van der Waals surface area (Å²) < 4.78 is 0. The number of nitriles is 1. The highest BCUT2D eigenvalue weighted by Crippen LogP contribution is 2.22. The first-order valence-electron chi connectivity index (χ1n) is 7.53. The number of rotatable bonds is 5. The molecule has 1 atom stereocenters. The second-order valence-electron chi connectivity index (χ2n) is 5.46. The SMILES string of the molecule is N#Cc1cc([N+](=O)[O-])cnc1NC[C@H](O)c1ccc2ccccc2c1. The van der Waals surface area contributed by atoms with Gasteiger partial charge in [0.25, 0.3) is 5.69 Å². The Balaban J connectivity index is 1.76. The van der Waals surface area contributed by atoms with Gasteiger partial charge in [-0.3, -0.25) is 10.1 Å². The van der Waals surface area contributed by atoms with Gasteiger partial charge in [-0.15, -0.1) is 0 Å². The maximum atomic E-state index is 10.7. The normalized spacial score (nSPS) is 11.7. The molecule has 0 spiro atoms. The molecule has 1 aromatic heterocycles. The Morgan fingerprint density at radius 2 is 2.00 bits per heavy atom.